The van der Waals surface area contributed by atoms with E-state index in [0.717, 1.165) is 11.1 Å². The number of hydrogen-bond donors (Lipinski definition) is 0. The Hall–Kier alpha value is -3.60. The zero-order valence-electron chi connectivity index (χ0n) is 17.4. The lowest BCUT2D eigenvalue weighted by Gasteiger charge is -2.14. The van der Waals surface area contributed by atoms with Gasteiger partial charge in [-0.25, -0.2) is 0 Å². The van der Waals surface area contributed by atoms with Crippen molar-refractivity contribution in [1.82, 2.24) is 14.3 Å². The standard InChI is InChI=1S/C25H25N3O2/c1-4-30-24-14-25(29)27(3)17-23(24)22-15-26-28(16-22)18(2)20-11-8-12-21(13-20)19-9-6-5-7-10-19/h5-18H,4H2,1-3H3. The number of pyridine rings is 1. The molecule has 0 fully saturated rings. The summed E-state index contributed by atoms with van der Waals surface area (Å²) in [5.41, 5.74) is 5.23. The summed E-state index contributed by atoms with van der Waals surface area (Å²) in [6, 6.07) is 20.5. The molecule has 30 heavy (non-hydrogen) atoms. The van der Waals surface area contributed by atoms with Gasteiger partial charge in [0.1, 0.15) is 5.75 Å². The number of nitrogens with zero attached hydrogens (tertiary/aromatic N) is 3. The minimum Gasteiger partial charge on any atom is -0.493 e. The van der Waals surface area contributed by atoms with Crippen LogP contribution in [-0.4, -0.2) is 21.0 Å². The summed E-state index contributed by atoms with van der Waals surface area (Å²) in [6.45, 7) is 4.54. The largest absolute Gasteiger partial charge is 0.493 e. The minimum atomic E-state index is -0.0966. The van der Waals surface area contributed by atoms with E-state index in [0.29, 0.717) is 12.4 Å². The lowest BCUT2D eigenvalue weighted by atomic mass is 10.0. The number of rotatable bonds is 6. The zero-order valence-corrected chi connectivity index (χ0v) is 17.4. The topological polar surface area (TPSA) is 49.1 Å². The second-order valence-electron chi connectivity index (χ2n) is 7.31. The fraction of sp³-hybridized carbons (Fsp3) is 0.200. The first-order valence-electron chi connectivity index (χ1n) is 10.1. The van der Waals surface area contributed by atoms with Crippen LogP contribution in [0.15, 0.2) is 84.0 Å². The van der Waals surface area contributed by atoms with E-state index in [4.69, 9.17) is 4.74 Å². The van der Waals surface area contributed by atoms with Gasteiger partial charge in [0.05, 0.1) is 18.8 Å². The molecule has 5 heteroatoms. The molecule has 0 amide bonds. The van der Waals surface area contributed by atoms with Gasteiger partial charge in [-0.1, -0.05) is 48.5 Å². The van der Waals surface area contributed by atoms with Gasteiger partial charge in [-0.2, -0.15) is 5.10 Å². The van der Waals surface area contributed by atoms with Crippen molar-refractivity contribution in [1.29, 1.82) is 0 Å². The van der Waals surface area contributed by atoms with Crippen molar-refractivity contribution in [3.05, 3.63) is 95.2 Å². The Bertz CT molecular complexity index is 1210. The van der Waals surface area contributed by atoms with Crippen molar-refractivity contribution in [3.63, 3.8) is 0 Å². The van der Waals surface area contributed by atoms with Crippen molar-refractivity contribution < 1.29 is 4.74 Å². The summed E-state index contributed by atoms with van der Waals surface area (Å²) >= 11 is 0. The van der Waals surface area contributed by atoms with E-state index < -0.39 is 0 Å². The molecule has 0 spiro atoms. The summed E-state index contributed by atoms with van der Waals surface area (Å²) in [6.07, 6.45) is 5.62. The third-order valence-corrected chi connectivity index (χ3v) is 5.28. The summed E-state index contributed by atoms with van der Waals surface area (Å²) in [5, 5.41) is 4.60. The molecule has 0 saturated heterocycles. The Morgan fingerprint density at radius 1 is 0.967 bits per heavy atom. The smallest absolute Gasteiger partial charge is 0.254 e. The quantitative estimate of drug-likeness (QED) is 0.462. The zero-order chi connectivity index (χ0) is 21.1. The number of hydrogen-bond acceptors (Lipinski definition) is 3. The van der Waals surface area contributed by atoms with Gasteiger partial charge in [0.25, 0.3) is 5.56 Å². The molecule has 2 aromatic carbocycles. The first-order chi connectivity index (χ1) is 14.6. The Morgan fingerprint density at radius 2 is 1.73 bits per heavy atom. The molecule has 1 unspecified atom stereocenters. The first kappa shape index (κ1) is 19.7. The van der Waals surface area contributed by atoms with Crippen molar-refractivity contribution in [2.24, 2.45) is 7.05 Å². The predicted octanol–water partition coefficient (Wildman–Crippen LogP) is 4.92. The Labute approximate surface area is 176 Å². The van der Waals surface area contributed by atoms with Gasteiger partial charge >= 0.3 is 0 Å². The molecule has 4 aromatic rings. The van der Waals surface area contributed by atoms with Crippen molar-refractivity contribution in [2.75, 3.05) is 6.61 Å². The van der Waals surface area contributed by atoms with Crippen molar-refractivity contribution in [2.45, 2.75) is 19.9 Å². The van der Waals surface area contributed by atoms with Crippen LogP contribution in [0.25, 0.3) is 22.3 Å². The van der Waals surface area contributed by atoms with Crippen LogP contribution in [0.4, 0.5) is 0 Å². The van der Waals surface area contributed by atoms with Gasteiger partial charge < -0.3 is 9.30 Å². The van der Waals surface area contributed by atoms with Gasteiger partial charge in [-0.3, -0.25) is 9.48 Å². The SMILES string of the molecule is CCOc1cc(=O)n(C)cc1-c1cnn(C(C)c2cccc(-c3ccccc3)c2)c1. The van der Waals surface area contributed by atoms with E-state index in [2.05, 4.69) is 48.4 Å². The van der Waals surface area contributed by atoms with E-state index in [9.17, 15) is 4.79 Å². The fourth-order valence-electron chi connectivity index (χ4n) is 3.55. The molecular formula is C25H25N3O2. The molecule has 0 aliphatic carbocycles. The van der Waals surface area contributed by atoms with E-state index >= 15 is 0 Å². The third-order valence-electron chi connectivity index (χ3n) is 5.28. The van der Waals surface area contributed by atoms with Crippen LogP contribution in [0.3, 0.4) is 0 Å². The average molecular weight is 399 g/mol. The van der Waals surface area contributed by atoms with Gasteiger partial charge in [0.2, 0.25) is 0 Å². The summed E-state index contributed by atoms with van der Waals surface area (Å²) < 4.78 is 9.20. The molecule has 0 N–H and O–H groups in total. The summed E-state index contributed by atoms with van der Waals surface area (Å²) in [7, 11) is 1.74. The number of benzene rings is 2. The second kappa shape index (κ2) is 8.41. The van der Waals surface area contributed by atoms with Crippen molar-refractivity contribution >= 4 is 0 Å². The highest BCUT2D eigenvalue weighted by molar-refractivity contribution is 5.68. The maximum Gasteiger partial charge on any atom is 0.254 e. The monoisotopic (exact) mass is 399 g/mol. The molecule has 152 valence electrons. The molecule has 2 heterocycles. The Morgan fingerprint density at radius 3 is 2.50 bits per heavy atom. The van der Waals surface area contributed by atoms with Crippen LogP contribution in [0.1, 0.15) is 25.5 Å². The van der Waals surface area contributed by atoms with Crippen LogP contribution in [0.5, 0.6) is 5.75 Å². The van der Waals surface area contributed by atoms with Gasteiger partial charge in [0.15, 0.2) is 0 Å². The number of aryl methyl sites for hydroxylation is 1. The van der Waals surface area contributed by atoms with E-state index in [-0.39, 0.29) is 11.6 Å². The van der Waals surface area contributed by atoms with E-state index in [1.165, 1.54) is 22.8 Å². The Balaban J connectivity index is 1.67. The van der Waals surface area contributed by atoms with Crippen LogP contribution >= 0.6 is 0 Å². The highest BCUT2D eigenvalue weighted by atomic mass is 16.5. The minimum absolute atomic E-state index is 0.0606. The average Bonchev–Trinajstić information content (AvgIpc) is 3.26. The Kier molecular flexibility index (Phi) is 5.53. The molecule has 0 saturated carbocycles. The van der Waals surface area contributed by atoms with Crippen LogP contribution < -0.4 is 10.3 Å². The second-order valence-corrected chi connectivity index (χ2v) is 7.31. The third kappa shape index (κ3) is 3.92. The van der Waals surface area contributed by atoms with Crippen LogP contribution in [0.2, 0.25) is 0 Å². The molecule has 0 radical (unpaired) electrons. The maximum atomic E-state index is 12.0. The van der Waals surface area contributed by atoms with Crippen molar-refractivity contribution in [3.8, 4) is 28.0 Å². The molecule has 2 aromatic heterocycles. The summed E-state index contributed by atoms with van der Waals surface area (Å²) in [5.74, 6) is 0.582. The highest BCUT2D eigenvalue weighted by Crippen LogP contribution is 2.30. The maximum absolute atomic E-state index is 12.0. The molecule has 1 atom stereocenters. The van der Waals surface area contributed by atoms with E-state index in [1.54, 1.807) is 17.8 Å². The molecule has 0 aliphatic heterocycles. The predicted molar refractivity (Wildman–Crippen MR) is 120 cm³/mol. The molecule has 4 rings (SSSR count). The molecule has 5 nitrogen and oxygen atoms in total. The molecule has 0 bridgehead atoms. The van der Waals surface area contributed by atoms with Crippen LogP contribution in [-0.2, 0) is 7.05 Å². The fourth-order valence-corrected chi connectivity index (χ4v) is 3.55. The highest BCUT2D eigenvalue weighted by Gasteiger charge is 2.15. The lowest BCUT2D eigenvalue weighted by Crippen LogP contribution is -2.15. The number of aromatic nitrogens is 3. The van der Waals surface area contributed by atoms with Crippen LogP contribution in [0, 0.1) is 0 Å². The molecule has 0 aliphatic rings. The normalized spacial score (nSPS) is 12.0. The van der Waals surface area contributed by atoms with Gasteiger partial charge in [-0.15, -0.1) is 0 Å². The lowest BCUT2D eigenvalue weighted by molar-refractivity contribution is 0.340. The van der Waals surface area contributed by atoms with Gasteiger partial charge in [0, 0.05) is 36.6 Å². The first-order valence-corrected chi connectivity index (χ1v) is 10.1. The summed E-state index contributed by atoms with van der Waals surface area (Å²) in [4.78, 5) is 12.0. The molecular weight excluding hydrogens is 374 g/mol. The van der Waals surface area contributed by atoms with E-state index in [1.807, 2.05) is 42.2 Å². The number of ether oxygens (including phenoxy) is 1. The van der Waals surface area contributed by atoms with Gasteiger partial charge in [-0.05, 0) is 36.6 Å².